The van der Waals surface area contributed by atoms with E-state index in [0.717, 1.165) is 52.8 Å². The monoisotopic (exact) mass is 423 g/mol. The van der Waals surface area contributed by atoms with E-state index < -0.39 is 0 Å². The molecule has 0 unspecified atom stereocenters. The van der Waals surface area contributed by atoms with Crippen molar-refractivity contribution < 1.29 is 4.79 Å². The molecule has 138 valence electrons. The third-order valence-electron chi connectivity index (χ3n) is 5.11. The van der Waals surface area contributed by atoms with Gasteiger partial charge in [-0.2, -0.15) is 0 Å². The number of nitrogens with zero attached hydrogens (tertiary/aromatic N) is 2. The second-order valence-electron chi connectivity index (χ2n) is 6.90. The number of fused-ring (bicyclic) bond motifs is 1. The second kappa shape index (κ2) is 7.71. The van der Waals surface area contributed by atoms with Gasteiger partial charge in [-0.05, 0) is 42.1 Å². The minimum absolute atomic E-state index is 0.0831. The van der Waals surface area contributed by atoms with E-state index in [0.29, 0.717) is 5.56 Å². The van der Waals surface area contributed by atoms with Crippen LogP contribution in [0, 0.1) is 0 Å². The van der Waals surface area contributed by atoms with Gasteiger partial charge in [0.2, 0.25) is 0 Å². The Hall–Kier alpha value is -2.37. The summed E-state index contributed by atoms with van der Waals surface area (Å²) in [4.78, 5) is 17.7. The highest BCUT2D eigenvalue weighted by molar-refractivity contribution is 9.10. The van der Waals surface area contributed by atoms with E-state index in [9.17, 15) is 4.79 Å². The molecule has 0 atom stereocenters. The lowest BCUT2D eigenvalue weighted by atomic mass is 10.0. The van der Waals surface area contributed by atoms with Gasteiger partial charge in [0.15, 0.2) is 0 Å². The van der Waals surface area contributed by atoms with Crippen LogP contribution in [0.15, 0.2) is 65.1 Å². The number of hydrogen-bond donors (Lipinski definition) is 1. The van der Waals surface area contributed by atoms with E-state index in [1.165, 1.54) is 0 Å². The smallest absolute Gasteiger partial charge is 0.256 e. The maximum atomic E-state index is 13.1. The predicted molar refractivity (Wildman–Crippen MR) is 116 cm³/mol. The molecule has 4 nitrogen and oxygen atoms in total. The van der Waals surface area contributed by atoms with Crippen molar-refractivity contribution in [2.24, 2.45) is 0 Å². The van der Waals surface area contributed by atoms with Crippen molar-refractivity contribution >= 4 is 44.0 Å². The van der Waals surface area contributed by atoms with Gasteiger partial charge in [-0.1, -0.05) is 52.3 Å². The first-order valence-electron chi connectivity index (χ1n) is 9.14. The number of amides is 1. The second-order valence-corrected chi connectivity index (χ2v) is 7.76. The third kappa shape index (κ3) is 3.70. The van der Waals surface area contributed by atoms with Gasteiger partial charge in [-0.3, -0.25) is 4.79 Å². The number of benzene rings is 3. The molecule has 0 aliphatic carbocycles. The fourth-order valence-corrected chi connectivity index (χ4v) is 4.06. The van der Waals surface area contributed by atoms with Crippen LogP contribution in [0.1, 0.15) is 10.4 Å². The Morgan fingerprint density at radius 2 is 1.59 bits per heavy atom. The number of carbonyl (C=O) groups is 1. The lowest BCUT2D eigenvalue weighted by Crippen LogP contribution is -2.44. The number of nitrogens with one attached hydrogen (secondary N) is 1. The average Bonchev–Trinajstić information content (AvgIpc) is 2.69. The molecule has 4 rings (SSSR count). The first-order chi connectivity index (χ1) is 13.1. The van der Waals surface area contributed by atoms with Crippen LogP contribution in [0.4, 0.5) is 11.4 Å². The summed E-state index contributed by atoms with van der Waals surface area (Å²) < 4.78 is 0.993. The summed E-state index contributed by atoms with van der Waals surface area (Å²) in [5.41, 5.74) is 2.63. The number of hydrogen-bond acceptors (Lipinski definition) is 3. The Morgan fingerprint density at radius 3 is 2.41 bits per heavy atom. The number of rotatable bonds is 3. The average molecular weight is 424 g/mol. The zero-order valence-corrected chi connectivity index (χ0v) is 16.9. The minimum atomic E-state index is -0.0831. The standard InChI is InChI=1S/C22H22BrN3O/c1-25-12-14-26(15-13-25)21-11-3-2-10-20(21)24-22(27)18-8-4-7-17-16(18)6-5-9-19(17)23/h2-11H,12-15H2,1H3,(H,24,27). The summed E-state index contributed by atoms with van der Waals surface area (Å²) in [7, 11) is 2.14. The molecular weight excluding hydrogens is 402 g/mol. The van der Waals surface area contributed by atoms with Crippen molar-refractivity contribution in [2.75, 3.05) is 43.4 Å². The summed E-state index contributed by atoms with van der Waals surface area (Å²) >= 11 is 3.57. The fraction of sp³-hybridized carbons (Fsp3) is 0.227. The fourth-order valence-electron chi connectivity index (χ4n) is 3.56. The van der Waals surface area contributed by atoms with E-state index in [4.69, 9.17) is 0 Å². The molecule has 3 aromatic rings. The molecule has 0 radical (unpaired) electrons. The van der Waals surface area contributed by atoms with Gasteiger partial charge < -0.3 is 15.1 Å². The normalized spacial score (nSPS) is 15.1. The maximum Gasteiger partial charge on any atom is 0.256 e. The molecule has 0 aromatic heterocycles. The van der Waals surface area contributed by atoms with Crippen LogP contribution in [0.25, 0.3) is 10.8 Å². The Kier molecular flexibility index (Phi) is 5.14. The van der Waals surface area contributed by atoms with E-state index in [1.54, 1.807) is 0 Å². The summed E-state index contributed by atoms with van der Waals surface area (Å²) in [5, 5.41) is 5.12. The van der Waals surface area contributed by atoms with Crippen molar-refractivity contribution in [3.63, 3.8) is 0 Å². The number of likely N-dealkylation sites (N-methyl/N-ethyl adjacent to an activating group) is 1. The topological polar surface area (TPSA) is 35.6 Å². The largest absolute Gasteiger partial charge is 0.367 e. The molecule has 27 heavy (non-hydrogen) atoms. The third-order valence-corrected chi connectivity index (χ3v) is 5.80. The van der Waals surface area contributed by atoms with Gasteiger partial charge in [0.05, 0.1) is 11.4 Å². The molecule has 0 spiro atoms. The van der Waals surface area contributed by atoms with Gasteiger partial charge >= 0.3 is 0 Å². The van der Waals surface area contributed by atoms with Crippen molar-refractivity contribution in [1.82, 2.24) is 4.90 Å². The Bertz CT molecular complexity index is 980. The van der Waals surface area contributed by atoms with Crippen LogP contribution >= 0.6 is 15.9 Å². The quantitative estimate of drug-likeness (QED) is 0.667. The molecule has 1 heterocycles. The van der Waals surface area contributed by atoms with Gasteiger partial charge in [0.25, 0.3) is 5.91 Å². The van der Waals surface area contributed by atoms with Gasteiger partial charge in [0, 0.05) is 36.2 Å². The first kappa shape index (κ1) is 18.0. The predicted octanol–water partition coefficient (Wildman–Crippen LogP) is 4.61. The van der Waals surface area contributed by atoms with Crippen LogP contribution in [0.2, 0.25) is 0 Å². The Balaban J connectivity index is 1.64. The summed E-state index contributed by atoms with van der Waals surface area (Å²) in [6.07, 6.45) is 0. The van der Waals surface area contributed by atoms with Crippen molar-refractivity contribution in [2.45, 2.75) is 0 Å². The Labute approximate surface area is 167 Å². The van der Waals surface area contributed by atoms with Gasteiger partial charge in [-0.15, -0.1) is 0 Å². The maximum absolute atomic E-state index is 13.1. The molecule has 1 fully saturated rings. The summed E-state index contributed by atoms with van der Waals surface area (Å²) in [6, 6.07) is 19.8. The molecule has 0 bridgehead atoms. The van der Waals surface area contributed by atoms with Crippen molar-refractivity contribution in [3.8, 4) is 0 Å². The first-order valence-corrected chi connectivity index (χ1v) is 9.94. The molecule has 1 aliphatic heterocycles. The Morgan fingerprint density at radius 1 is 0.889 bits per heavy atom. The molecule has 5 heteroatoms. The lowest BCUT2D eigenvalue weighted by molar-refractivity contribution is 0.102. The molecule has 1 N–H and O–H groups in total. The lowest BCUT2D eigenvalue weighted by Gasteiger charge is -2.35. The van der Waals surface area contributed by atoms with Gasteiger partial charge in [0.1, 0.15) is 0 Å². The van der Waals surface area contributed by atoms with Crippen LogP contribution in [-0.2, 0) is 0 Å². The number of para-hydroxylation sites is 2. The molecule has 3 aromatic carbocycles. The van der Waals surface area contributed by atoms with Crippen LogP contribution in [0.5, 0.6) is 0 Å². The SMILES string of the molecule is CN1CCN(c2ccccc2NC(=O)c2cccc3c(Br)cccc23)CC1. The zero-order valence-electron chi connectivity index (χ0n) is 15.3. The number of anilines is 2. The van der Waals surface area contributed by atoms with Crippen LogP contribution < -0.4 is 10.2 Å². The minimum Gasteiger partial charge on any atom is -0.367 e. The highest BCUT2D eigenvalue weighted by Gasteiger charge is 2.18. The van der Waals surface area contributed by atoms with E-state index in [1.807, 2.05) is 54.6 Å². The van der Waals surface area contributed by atoms with Crippen molar-refractivity contribution in [1.29, 1.82) is 0 Å². The number of halogens is 1. The summed E-state index contributed by atoms with van der Waals surface area (Å²) in [5.74, 6) is -0.0831. The molecule has 1 aliphatic rings. The number of carbonyl (C=O) groups excluding carboxylic acids is 1. The molecular formula is C22H22BrN3O. The van der Waals surface area contributed by atoms with Crippen LogP contribution in [-0.4, -0.2) is 44.0 Å². The molecule has 1 saturated heterocycles. The van der Waals surface area contributed by atoms with Crippen LogP contribution in [0.3, 0.4) is 0 Å². The van der Waals surface area contributed by atoms with Gasteiger partial charge in [-0.25, -0.2) is 0 Å². The van der Waals surface area contributed by atoms with Crippen molar-refractivity contribution in [3.05, 3.63) is 70.7 Å². The zero-order chi connectivity index (χ0) is 18.8. The van der Waals surface area contributed by atoms with E-state index in [-0.39, 0.29) is 5.91 Å². The number of piperazine rings is 1. The van der Waals surface area contributed by atoms with E-state index >= 15 is 0 Å². The molecule has 0 saturated carbocycles. The summed E-state index contributed by atoms with van der Waals surface area (Å²) in [6.45, 7) is 3.98. The molecule has 1 amide bonds. The van der Waals surface area contributed by atoms with E-state index in [2.05, 4.69) is 44.2 Å². The highest BCUT2D eigenvalue weighted by atomic mass is 79.9. The highest BCUT2D eigenvalue weighted by Crippen LogP contribution is 2.29.